The van der Waals surface area contributed by atoms with E-state index < -0.39 is 10.0 Å². The molecule has 0 atom stereocenters. The molecule has 2 aromatic rings. The van der Waals surface area contributed by atoms with Gasteiger partial charge in [-0.2, -0.15) is 4.31 Å². The number of rotatable bonds is 5. The van der Waals surface area contributed by atoms with E-state index in [1.807, 2.05) is 18.2 Å². The zero-order valence-electron chi connectivity index (χ0n) is 16.1. The zero-order valence-corrected chi connectivity index (χ0v) is 17.7. The molecular weight excluding hydrogens is 398 g/mol. The normalized spacial score (nSPS) is 13.8. The highest BCUT2D eigenvalue weighted by molar-refractivity contribution is 7.89. The third-order valence-electron chi connectivity index (χ3n) is 4.96. The Kier molecular flexibility index (Phi) is 7.09. The summed E-state index contributed by atoms with van der Waals surface area (Å²) in [4.78, 5) is 15.0. The molecule has 0 aromatic heterocycles. The van der Waals surface area contributed by atoms with Crippen LogP contribution in [0.3, 0.4) is 0 Å². The van der Waals surface area contributed by atoms with Crippen molar-refractivity contribution in [1.29, 1.82) is 0 Å². The van der Waals surface area contributed by atoms with Gasteiger partial charge in [0.25, 0.3) is 5.91 Å². The van der Waals surface area contributed by atoms with Crippen molar-refractivity contribution in [3.05, 3.63) is 53.6 Å². The number of anilines is 2. The van der Waals surface area contributed by atoms with Gasteiger partial charge in [-0.1, -0.05) is 26.0 Å². The number of nitrogens with two attached hydrogens (primary N) is 1. The van der Waals surface area contributed by atoms with E-state index in [4.69, 9.17) is 5.73 Å². The Morgan fingerprint density at radius 2 is 1.82 bits per heavy atom. The maximum atomic E-state index is 13.1. The Morgan fingerprint density at radius 3 is 2.50 bits per heavy atom. The first-order chi connectivity index (χ1) is 12.9. The molecule has 0 radical (unpaired) electrons. The van der Waals surface area contributed by atoms with E-state index in [-0.39, 0.29) is 23.2 Å². The van der Waals surface area contributed by atoms with E-state index in [1.165, 1.54) is 16.4 Å². The first-order valence-electron chi connectivity index (χ1n) is 9.19. The number of carbonyl (C=O) groups is 1. The maximum absolute atomic E-state index is 13.1. The van der Waals surface area contributed by atoms with Gasteiger partial charge in [0.05, 0.1) is 4.90 Å². The molecule has 6 nitrogen and oxygen atoms in total. The Balaban J connectivity index is 0.00000280. The smallest absolute Gasteiger partial charge is 0.258 e. The van der Waals surface area contributed by atoms with Crippen LogP contribution < -0.4 is 10.6 Å². The van der Waals surface area contributed by atoms with E-state index in [0.29, 0.717) is 30.9 Å². The number of hydrogen-bond donors (Lipinski definition) is 1. The summed E-state index contributed by atoms with van der Waals surface area (Å²) in [6, 6.07) is 11.8. The molecule has 1 heterocycles. The van der Waals surface area contributed by atoms with Gasteiger partial charge in [0, 0.05) is 36.6 Å². The molecule has 2 aromatic carbocycles. The highest BCUT2D eigenvalue weighted by Crippen LogP contribution is 2.32. The molecule has 8 heteroatoms. The third kappa shape index (κ3) is 4.01. The summed E-state index contributed by atoms with van der Waals surface area (Å²) in [5.74, 6) is -0.210. The Morgan fingerprint density at radius 1 is 1.14 bits per heavy atom. The predicted octanol–water partition coefficient (Wildman–Crippen LogP) is 3.31. The van der Waals surface area contributed by atoms with Crippen molar-refractivity contribution in [3.63, 3.8) is 0 Å². The molecule has 28 heavy (non-hydrogen) atoms. The molecule has 0 saturated carbocycles. The van der Waals surface area contributed by atoms with Gasteiger partial charge in [0.2, 0.25) is 10.0 Å². The molecule has 0 fully saturated rings. The van der Waals surface area contributed by atoms with Crippen LogP contribution in [0.5, 0.6) is 0 Å². The van der Waals surface area contributed by atoms with Gasteiger partial charge in [-0.15, -0.1) is 12.4 Å². The van der Waals surface area contributed by atoms with E-state index >= 15 is 0 Å². The lowest BCUT2D eigenvalue weighted by Gasteiger charge is -2.30. The van der Waals surface area contributed by atoms with Crippen LogP contribution in [0.15, 0.2) is 47.4 Å². The van der Waals surface area contributed by atoms with E-state index in [2.05, 4.69) is 0 Å². The number of benzene rings is 2. The van der Waals surface area contributed by atoms with Crippen LogP contribution in [0.1, 0.15) is 36.2 Å². The molecule has 1 aliphatic heterocycles. The van der Waals surface area contributed by atoms with Crippen LogP contribution in [0.2, 0.25) is 0 Å². The average molecular weight is 424 g/mol. The molecule has 1 amide bonds. The van der Waals surface area contributed by atoms with Crippen LogP contribution in [0, 0.1) is 0 Å². The minimum Gasteiger partial charge on any atom is -0.398 e. The summed E-state index contributed by atoms with van der Waals surface area (Å²) < 4.78 is 26.9. The Labute approximate surface area is 172 Å². The van der Waals surface area contributed by atoms with Gasteiger partial charge in [-0.3, -0.25) is 4.79 Å². The van der Waals surface area contributed by atoms with Gasteiger partial charge >= 0.3 is 0 Å². The minimum absolute atomic E-state index is 0. The van der Waals surface area contributed by atoms with E-state index in [1.54, 1.807) is 30.9 Å². The second-order valence-corrected chi connectivity index (χ2v) is 8.46. The molecule has 152 valence electrons. The summed E-state index contributed by atoms with van der Waals surface area (Å²) >= 11 is 0. The van der Waals surface area contributed by atoms with Gasteiger partial charge in [-0.25, -0.2) is 8.42 Å². The second kappa shape index (κ2) is 8.94. The second-order valence-electron chi connectivity index (χ2n) is 6.52. The maximum Gasteiger partial charge on any atom is 0.258 e. The van der Waals surface area contributed by atoms with Crippen LogP contribution in [0.25, 0.3) is 0 Å². The monoisotopic (exact) mass is 423 g/mol. The van der Waals surface area contributed by atoms with Crippen molar-refractivity contribution in [2.75, 3.05) is 30.3 Å². The lowest BCUT2D eigenvalue weighted by Crippen LogP contribution is -2.36. The number of halogens is 1. The van der Waals surface area contributed by atoms with Crippen LogP contribution in [-0.4, -0.2) is 38.3 Å². The molecule has 0 aliphatic carbocycles. The number of sulfonamides is 1. The lowest BCUT2D eigenvalue weighted by molar-refractivity contribution is 0.0985. The Bertz CT molecular complexity index is 959. The first kappa shape index (κ1) is 22.2. The molecule has 0 saturated heterocycles. The topological polar surface area (TPSA) is 83.7 Å². The minimum atomic E-state index is -3.61. The van der Waals surface area contributed by atoms with Crippen molar-refractivity contribution in [1.82, 2.24) is 4.31 Å². The predicted molar refractivity (Wildman–Crippen MR) is 115 cm³/mol. The number of amides is 1. The number of carbonyl (C=O) groups excluding carboxylic acids is 1. The molecule has 0 spiro atoms. The quantitative estimate of drug-likeness (QED) is 0.747. The number of nitrogens with zero attached hydrogens (tertiary/aromatic N) is 2. The van der Waals surface area contributed by atoms with E-state index in [0.717, 1.165) is 24.1 Å². The van der Waals surface area contributed by atoms with Crippen molar-refractivity contribution in [2.24, 2.45) is 0 Å². The third-order valence-corrected chi connectivity index (χ3v) is 7.00. The number of nitrogen functional groups attached to an aromatic ring is 1. The fraction of sp³-hybridized carbons (Fsp3) is 0.350. The SMILES string of the molecule is CCN(CC)S(=O)(=O)c1cccc(C(=O)N2CCCc3c(N)cccc32)c1.Cl. The molecular formula is C20H26ClN3O3S. The van der Waals surface area contributed by atoms with Crippen molar-refractivity contribution >= 4 is 39.7 Å². The molecule has 1 aliphatic rings. The number of hydrogen-bond acceptors (Lipinski definition) is 4. The fourth-order valence-electron chi connectivity index (χ4n) is 3.52. The Hall–Kier alpha value is -2.09. The average Bonchev–Trinajstić information content (AvgIpc) is 2.68. The van der Waals surface area contributed by atoms with Gasteiger partial charge in [0.15, 0.2) is 0 Å². The first-order valence-corrected chi connectivity index (χ1v) is 10.6. The molecule has 0 bridgehead atoms. The molecule has 3 rings (SSSR count). The van der Waals surface area contributed by atoms with Gasteiger partial charge < -0.3 is 10.6 Å². The molecule has 2 N–H and O–H groups in total. The van der Waals surface area contributed by atoms with Gasteiger partial charge in [0.1, 0.15) is 0 Å². The van der Waals surface area contributed by atoms with Crippen LogP contribution in [-0.2, 0) is 16.4 Å². The lowest BCUT2D eigenvalue weighted by atomic mass is 9.99. The van der Waals surface area contributed by atoms with Crippen molar-refractivity contribution in [3.8, 4) is 0 Å². The standard InChI is InChI=1S/C20H25N3O3S.ClH/c1-3-22(4-2)27(25,26)16-9-5-8-15(14-16)20(24)23-13-7-10-17-18(21)11-6-12-19(17)23;/h5-6,8-9,11-12,14H,3-4,7,10,13,21H2,1-2H3;1H. The van der Waals surface area contributed by atoms with Crippen molar-refractivity contribution < 1.29 is 13.2 Å². The summed E-state index contributed by atoms with van der Waals surface area (Å²) in [5, 5.41) is 0. The largest absolute Gasteiger partial charge is 0.398 e. The van der Waals surface area contributed by atoms with Gasteiger partial charge in [-0.05, 0) is 48.7 Å². The summed E-state index contributed by atoms with van der Waals surface area (Å²) in [5.41, 5.74) is 8.89. The fourth-order valence-corrected chi connectivity index (χ4v) is 5.03. The number of fused-ring (bicyclic) bond motifs is 1. The highest BCUT2D eigenvalue weighted by Gasteiger charge is 2.27. The molecule has 0 unspecified atom stereocenters. The van der Waals surface area contributed by atoms with Crippen LogP contribution in [0.4, 0.5) is 11.4 Å². The summed E-state index contributed by atoms with van der Waals surface area (Å²) in [6.07, 6.45) is 1.66. The van der Waals surface area contributed by atoms with Crippen molar-refractivity contribution in [2.45, 2.75) is 31.6 Å². The summed E-state index contributed by atoms with van der Waals surface area (Å²) in [7, 11) is -3.61. The van der Waals surface area contributed by atoms with Crippen LogP contribution >= 0.6 is 12.4 Å². The summed E-state index contributed by atoms with van der Waals surface area (Å²) in [6.45, 7) is 4.95. The van der Waals surface area contributed by atoms with E-state index in [9.17, 15) is 13.2 Å². The highest BCUT2D eigenvalue weighted by atomic mass is 35.5. The zero-order chi connectivity index (χ0) is 19.6.